The second-order valence-electron chi connectivity index (χ2n) is 10.6. The summed E-state index contributed by atoms with van der Waals surface area (Å²) in [5, 5.41) is 5.56. The first-order valence-corrected chi connectivity index (χ1v) is 14.7. The van der Waals surface area contributed by atoms with Gasteiger partial charge in [-0.2, -0.15) is 0 Å². The lowest BCUT2D eigenvalue weighted by Crippen LogP contribution is -2.51. The number of nitrogens with zero attached hydrogens (tertiary/aromatic N) is 2. The molecule has 3 rings (SSSR count). The lowest BCUT2D eigenvalue weighted by molar-refractivity contribution is -0.144. The van der Waals surface area contributed by atoms with Crippen LogP contribution in [-0.4, -0.2) is 93.0 Å². The third-order valence-corrected chi connectivity index (χ3v) is 7.45. The van der Waals surface area contributed by atoms with Gasteiger partial charge in [-0.05, 0) is 37.0 Å². The van der Waals surface area contributed by atoms with Crippen molar-refractivity contribution in [2.75, 3.05) is 47.5 Å². The Balaban J connectivity index is 1.86. The molecule has 0 radical (unpaired) electrons. The zero-order valence-corrected chi connectivity index (χ0v) is 25.0. The molecule has 228 valence electrons. The van der Waals surface area contributed by atoms with Gasteiger partial charge >= 0.3 is 0 Å². The van der Waals surface area contributed by atoms with E-state index in [-0.39, 0.29) is 31.2 Å². The number of para-hydroxylation sites is 1. The first-order chi connectivity index (χ1) is 20.3. The molecular formula is C32H44N4O6. The molecule has 2 aromatic rings. The molecule has 1 aliphatic rings. The van der Waals surface area contributed by atoms with E-state index in [4.69, 9.17) is 9.47 Å². The number of nitrogens with one attached hydrogen (secondary N) is 2. The maximum absolute atomic E-state index is 13.6. The Kier molecular flexibility index (Phi) is 13.3. The Morgan fingerprint density at radius 3 is 2.48 bits per heavy atom. The summed E-state index contributed by atoms with van der Waals surface area (Å²) in [6, 6.07) is 14.9. The number of methoxy groups -OCH3 is 1. The molecular weight excluding hydrogens is 536 g/mol. The second kappa shape index (κ2) is 17.1. The molecule has 0 aromatic heterocycles. The fraction of sp³-hybridized carbons (Fsp3) is 0.500. The van der Waals surface area contributed by atoms with Crippen LogP contribution < -0.4 is 15.4 Å². The Bertz CT molecular complexity index is 1170. The third kappa shape index (κ3) is 9.87. The highest BCUT2D eigenvalue weighted by Crippen LogP contribution is 2.20. The van der Waals surface area contributed by atoms with E-state index in [0.29, 0.717) is 37.5 Å². The summed E-state index contributed by atoms with van der Waals surface area (Å²) in [7, 11) is 4.93. The summed E-state index contributed by atoms with van der Waals surface area (Å²) in [6.07, 6.45) is 3.84. The van der Waals surface area contributed by atoms with Gasteiger partial charge in [0.05, 0.1) is 18.8 Å². The number of hydrogen-bond acceptors (Lipinski definition) is 6. The van der Waals surface area contributed by atoms with Crippen molar-refractivity contribution >= 4 is 23.6 Å². The number of rotatable bonds is 6. The molecule has 0 unspecified atom stereocenters. The molecule has 2 N–H and O–H groups in total. The first-order valence-electron chi connectivity index (χ1n) is 14.7. The molecule has 0 bridgehead atoms. The summed E-state index contributed by atoms with van der Waals surface area (Å²) in [4.78, 5) is 56.7. The van der Waals surface area contributed by atoms with Crippen molar-refractivity contribution in [1.29, 1.82) is 0 Å². The summed E-state index contributed by atoms with van der Waals surface area (Å²) in [6.45, 7) is 1.59. The quantitative estimate of drug-likeness (QED) is 0.508. The number of amides is 4. The Morgan fingerprint density at radius 2 is 1.71 bits per heavy atom. The first kappa shape index (κ1) is 32.6. The number of carbonyl (C=O) groups is 4. The standard InChI is InChI=1S/C32H44N4O6/c1-35-20-11-4-5-12-21-42-28-16-10-9-15-25(28)30(38)34-26(31(39)33-19-22-41-3)17-18-29(37)36(2)27(32(35)40)23-24-13-7-6-8-14-24/h6-10,13-16,26-27H,4-5,11-12,17-23H2,1-3H3,(H,33,39)(H,34,38)/t26-,27-/m0/s1. The minimum Gasteiger partial charge on any atom is -0.493 e. The highest BCUT2D eigenvalue weighted by atomic mass is 16.5. The molecule has 0 aliphatic carbocycles. The molecule has 1 aliphatic heterocycles. The summed E-state index contributed by atoms with van der Waals surface area (Å²) in [5.41, 5.74) is 1.27. The molecule has 0 saturated carbocycles. The minimum atomic E-state index is -0.979. The molecule has 0 fully saturated rings. The van der Waals surface area contributed by atoms with Crippen molar-refractivity contribution in [3.8, 4) is 5.75 Å². The Labute approximate surface area is 248 Å². The van der Waals surface area contributed by atoms with Crippen molar-refractivity contribution in [3.05, 3.63) is 65.7 Å². The highest BCUT2D eigenvalue weighted by Gasteiger charge is 2.31. The number of ether oxygens (including phenoxy) is 2. The lowest BCUT2D eigenvalue weighted by Gasteiger charge is -2.31. The van der Waals surface area contributed by atoms with Crippen LogP contribution in [0.1, 0.15) is 54.4 Å². The molecule has 0 spiro atoms. The normalized spacial score (nSPS) is 19.9. The van der Waals surface area contributed by atoms with Gasteiger partial charge in [0.25, 0.3) is 5.91 Å². The van der Waals surface area contributed by atoms with Crippen LogP contribution in [0.4, 0.5) is 0 Å². The van der Waals surface area contributed by atoms with E-state index < -0.39 is 23.9 Å². The number of carbonyl (C=O) groups excluding carboxylic acids is 4. The maximum atomic E-state index is 13.6. The van der Waals surface area contributed by atoms with Gasteiger partial charge in [-0.15, -0.1) is 0 Å². The van der Waals surface area contributed by atoms with E-state index in [2.05, 4.69) is 10.6 Å². The highest BCUT2D eigenvalue weighted by molar-refractivity contribution is 5.99. The van der Waals surface area contributed by atoms with Gasteiger partial charge in [0.2, 0.25) is 17.7 Å². The van der Waals surface area contributed by atoms with E-state index in [9.17, 15) is 19.2 Å². The van der Waals surface area contributed by atoms with Crippen molar-refractivity contribution in [2.45, 2.75) is 57.0 Å². The van der Waals surface area contributed by atoms with Crippen LogP contribution in [0.15, 0.2) is 54.6 Å². The van der Waals surface area contributed by atoms with Crippen LogP contribution in [0.2, 0.25) is 0 Å². The fourth-order valence-electron chi connectivity index (χ4n) is 4.88. The van der Waals surface area contributed by atoms with Crippen molar-refractivity contribution in [3.63, 3.8) is 0 Å². The van der Waals surface area contributed by atoms with Gasteiger partial charge in [-0.3, -0.25) is 19.2 Å². The van der Waals surface area contributed by atoms with Crippen LogP contribution in [0.5, 0.6) is 5.75 Å². The number of hydrogen-bond donors (Lipinski definition) is 2. The number of likely N-dealkylation sites (N-methyl/N-ethyl adjacent to an activating group) is 2. The van der Waals surface area contributed by atoms with Crippen molar-refractivity contribution in [2.24, 2.45) is 0 Å². The average Bonchev–Trinajstić information content (AvgIpc) is 3.00. The van der Waals surface area contributed by atoms with Gasteiger partial charge in [0.15, 0.2) is 0 Å². The van der Waals surface area contributed by atoms with Gasteiger partial charge < -0.3 is 29.9 Å². The average molecular weight is 581 g/mol. The Hall–Kier alpha value is -3.92. The molecule has 2 aromatic carbocycles. The van der Waals surface area contributed by atoms with Crippen LogP contribution in [0, 0.1) is 0 Å². The topological polar surface area (TPSA) is 117 Å². The zero-order valence-electron chi connectivity index (χ0n) is 25.0. The predicted molar refractivity (Wildman–Crippen MR) is 160 cm³/mol. The second-order valence-corrected chi connectivity index (χ2v) is 10.6. The molecule has 4 amide bonds. The van der Waals surface area contributed by atoms with Gasteiger partial charge in [-0.1, -0.05) is 55.3 Å². The third-order valence-electron chi connectivity index (χ3n) is 7.45. The van der Waals surface area contributed by atoms with E-state index in [1.165, 1.54) is 12.0 Å². The molecule has 0 saturated heterocycles. The summed E-state index contributed by atoms with van der Waals surface area (Å²) in [5.74, 6) is -0.861. The summed E-state index contributed by atoms with van der Waals surface area (Å²) >= 11 is 0. The largest absolute Gasteiger partial charge is 0.493 e. The van der Waals surface area contributed by atoms with Gasteiger partial charge in [0.1, 0.15) is 17.8 Å². The fourth-order valence-corrected chi connectivity index (χ4v) is 4.88. The van der Waals surface area contributed by atoms with E-state index >= 15 is 0 Å². The lowest BCUT2D eigenvalue weighted by atomic mass is 10.0. The summed E-state index contributed by atoms with van der Waals surface area (Å²) < 4.78 is 11.0. The van der Waals surface area contributed by atoms with Crippen LogP contribution >= 0.6 is 0 Å². The number of fused-ring (bicyclic) bond motifs is 1. The molecule has 10 nitrogen and oxygen atoms in total. The number of benzene rings is 2. The molecule has 1 heterocycles. The van der Waals surface area contributed by atoms with Crippen molar-refractivity contribution in [1.82, 2.24) is 20.4 Å². The molecule has 42 heavy (non-hydrogen) atoms. The van der Waals surface area contributed by atoms with E-state index in [1.54, 1.807) is 43.3 Å². The van der Waals surface area contributed by atoms with Crippen LogP contribution in [0.3, 0.4) is 0 Å². The molecule has 2 atom stereocenters. The van der Waals surface area contributed by atoms with Crippen LogP contribution in [-0.2, 0) is 25.5 Å². The van der Waals surface area contributed by atoms with Gasteiger partial charge in [0, 0.05) is 47.1 Å². The Morgan fingerprint density at radius 1 is 1.00 bits per heavy atom. The maximum Gasteiger partial charge on any atom is 0.255 e. The van der Waals surface area contributed by atoms with E-state index in [0.717, 1.165) is 31.2 Å². The SMILES string of the molecule is COCCNC(=O)[C@@H]1CCC(=O)N(C)[C@@H](Cc2ccccc2)C(=O)N(C)CCCCCCOc2ccccc2C(=O)N1. The van der Waals surface area contributed by atoms with Crippen LogP contribution in [0.25, 0.3) is 0 Å². The van der Waals surface area contributed by atoms with Crippen molar-refractivity contribution < 1.29 is 28.7 Å². The van der Waals surface area contributed by atoms with E-state index in [1.807, 2.05) is 30.3 Å². The zero-order chi connectivity index (χ0) is 30.3. The monoisotopic (exact) mass is 580 g/mol. The smallest absolute Gasteiger partial charge is 0.255 e. The molecule has 10 heteroatoms. The van der Waals surface area contributed by atoms with Gasteiger partial charge in [-0.25, -0.2) is 0 Å². The predicted octanol–water partition coefficient (Wildman–Crippen LogP) is 2.81. The minimum absolute atomic E-state index is 0.0421.